The molecule has 1 saturated carbocycles. The first kappa shape index (κ1) is 19.5. The summed E-state index contributed by atoms with van der Waals surface area (Å²) in [7, 11) is 0. The van der Waals surface area contributed by atoms with Crippen molar-refractivity contribution in [3.05, 3.63) is 59.7 Å². The van der Waals surface area contributed by atoms with Crippen LogP contribution in [0, 0.1) is 5.92 Å². The van der Waals surface area contributed by atoms with E-state index in [2.05, 4.69) is 22.8 Å². The minimum Gasteiger partial charge on any atom is -0.326 e. The zero-order valence-electron chi connectivity index (χ0n) is 16.8. The van der Waals surface area contributed by atoms with Crippen LogP contribution in [0.25, 0.3) is 0 Å². The Kier molecular flexibility index (Phi) is 6.13. The molecule has 0 saturated heterocycles. The van der Waals surface area contributed by atoms with E-state index in [1.807, 2.05) is 41.3 Å². The Morgan fingerprint density at radius 2 is 1.52 bits per heavy atom. The van der Waals surface area contributed by atoms with Crippen LogP contribution in [-0.2, 0) is 17.8 Å². The second-order valence-corrected chi connectivity index (χ2v) is 8.20. The third-order valence-electron chi connectivity index (χ3n) is 6.04. The van der Waals surface area contributed by atoms with Crippen LogP contribution in [0.15, 0.2) is 48.5 Å². The third kappa shape index (κ3) is 5.17. The van der Waals surface area contributed by atoms with Crippen molar-refractivity contribution in [1.29, 1.82) is 0 Å². The molecular formula is C24H29N3O2. The number of hydrogen-bond donors (Lipinski definition) is 2. The van der Waals surface area contributed by atoms with E-state index in [0.29, 0.717) is 18.9 Å². The Hall–Kier alpha value is -2.82. The zero-order chi connectivity index (χ0) is 20.1. The predicted molar refractivity (Wildman–Crippen MR) is 116 cm³/mol. The number of urea groups is 1. The largest absolute Gasteiger partial charge is 0.326 e. The van der Waals surface area contributed by atoms with Gasteiger partial charge < -0.3 is 15.5 Å². The van der Waals surface area contributed by atoms with Gasteiger partial charge in [-0.1, -0.05) is 43.5 Å². The van der Waals surface area contributed by atoms with Crippen LogP contribution >= 0.6 is 0 Å². The first-order chi connectivity index (χ1) is 14.2. The number of carbonyl (C=O) groups is 2. The number of amides is 3. The second kappa shape index (κ2) is 9.12. The SMILES string of the molecule is O=C(CC1CCCCC1)Nc1ccc(NC(=O)N2CCc3ccccc3C2)cc1. The van der Waals surface area contributed by atoms with Gasteiger partial charge in [0.25, 0.3) is 0 Å². The number of nitrogens with zero attached hydrogens (tertiary/aromatic N) is 1. The molecule has 0 atom stereocenters. The Morgan fingerprint density at radius 1 is 0.862 bits per heavy atom. The smallest absolute Gasteiger partial charge is 0.322 e. The van der Waals surface area contributed by atoms with Gasteiger partial charge in [-0.2, -0.15) is 0 Å². The lowest BCUT2D eigenvalue weighted by atomic mass is 9.87. The van der Waals surface area contributed by atoms with Crippen LogP contribution in [0.3, 0.4) is 0 Å². The molecule has 0 unspecified atom stereocenters. The molecule has 1 heterocycles. The van der Waals surface area contributed by atoms with E-state index < -0.39 is 0 Å². The lowest BCUT2D eigenvalue weighted by Crippen LogP contribution is -2.38. The predicted octanol–water partition coefficient (Wildman–Crippen LogP) is 5.19. The standard InChI is InChI=1S/C24H29N3O2/c28-23(16-18-6-2-1-3-7-18)25-21-10-12-22(13-11-21)26-24(29)27-15-14-19-8-4-5-9-20(19)17-27/h4-5,8-13,18H,1-3,6-7,14-17H2,(H,25,28)(H,26,29). The molecular weight excluding hydrogens is 362 g/mol. The number of anilines is 2. The van der Waals surface area contributed by atoms with Crippen LogP contribution < -0.4 is 10.6 Å². The summed E-state index contributed by atoms with van der Waals surface area (Å²) in [5.74, 6) is 0.609. The lowest BCUT2D eigenvalue weighted by molar-refractivity contribution is -0.117. The second-order valence-electron chi connectivity index (χ2n) is 8.20. The number of benzene rings is 2. The molecule has 1 fully saturated rings. The fourth-order valence-electron chi connectivity index (χ4n) is 4.37. The summed E-state index contributed by atoms with van der Waals surface area (Å²) in [5, 5.41) is 5.95. The van der Waals surface area contributed by atoms with Crippen molar-refractivity contribution in [1.82, 2.24) is 4.90 Å². The highest BCUT2D eigenvalue weighted by Gasteiger charge is 2.20. The van der Waals surface area contributed by atoms with E-state index in [-0.39, 0.29) is 11.9 Å². The highest BCUT2D eigenvalue weighted by Crippen LogP contribution is 2.27. The van der Waals surface area contributed by atoms with Crippen molar-refractivity contribution in [2.75, 3.05) is 17.2 Å². The number of hydrogen-bond acceptors (Lipinski definition) is 2. The molecule has 2 aromatic rings. The lowest BCUT2D eigenvalue weighted by Gasteiger charge is -2.29. The fourth-order valence-corrected chi connectivity index (χ4v) is 4.37. The minimum absolute atomic E-state index is 0.0840. The summed E-state index contributed by atoms with van der Waals surface area (Å²) in [5.41, 5.74) is 4.05. The summed E-state index contributed by atoms with van der Waals surface area (Å²) in [6.45, 7) is 1.36. The zero-order valence-corrected chi connectivity index (χ0v) is 16.8. The average molecular weight is 392 g/mol. The molecule has 5 nitrogen and oxygen atoms in total. The topological polar surface area (TPSA) is 61.4 Å². The van der Waals surface area contributed by atoms with Crippen LogP contribution in [0.1, 0.15) is 49.7 Å². The molecule has 0 radical (unpaired) electrons. The molecule has 152 valence electrons. The van der Waals surface area contributed by atoms with Crippen LogP contribution in [0.2, 0.25) is 0 Å². The highest BCUT2D eigenvalue weighted by molar-refractivity contribution is 5.92. The third-order valence-corrected chi connectivity index (χ3v) is 6.04. The molecule has 29 heavy (non-hydrogen) atoms. The Morgan fingerprint density at radius 3 is 2.24 bits per heavy atom. The molecule has 2 aromatic carbocycles. The van der Waals surface area contributed by atoms with Gasteiger partial charge in [-0.05, 0) is 60.6 Å². The van der Waals surface area contributed by atoms with E-state index >= 15 is 0 Å². The highest BCUT2D eigenvalue weighted by atomic mass is 16.2. The van der Waals surface area contributed by atoms with Crippen LogP contribution in [0.4, 0.5) is 16.2 Å². The van der Waals surface area contributed by atoms with Gasteiger partial charge in [0.2, 0.25) is 5.91 Å². The molecule has 0 aromatic heterocycles. The first-order valence-corrected chi connectivity index (χ1v) is 10.7. The molecule has 3 amide bonds. The maximum absolute atomic E-state index is 12.6. The van der Waals surface area contributed by atoms with Gasteiger partial charge in [0.05, 0.1) is 0 Å². The quantitative estimate of drug-likeness (QED) is 0.754. The Bertz CT molecular complexity index is 857. The van der Waals surface area contributed by atoms with E-state index in [1.54, 1.807) is 0 Å². The van der Waals surface area contributed by atoms with Gasteiger partial charge in [-0.25, -0.2) is 4.79 Å². The Balaban J connectivity index is 1.28. The van der Waals surface area contributed by atoms with Crippen molar-refractivity contribution >= 4 is 23.3 Å². The van der Waals surface area contributed by atoms with E-state index in [1.165, 1.54) is 43.2 Å². The Labute approximate surface area is 172 Å². The molecule has 1 aliphatic heterocycles. The van der Waals surface area contributed by atoms with Gasteiger partial charge in [-0.3, -0.25) is 4.79 Å². The van der Waals surface area contributed by atoms with Crippen LogP contribution in [-0.4, -0.2) is 23.4 Å². The number of nitrogens with one attached hydrogen (secondary N) is 2. The van der Waals surface area contributed by atoms with Crippen molar-refractivity contribution in [3.63, 3.8) is 0 Å². The number of fused-ring (bicyclic) bond motifs is 1. The van der Waals surface area contributed by atoms with Gasteiger partial charge in [0, 0.05) is 30.9 Å². The maximum atomic E-state index is 12.6. The van der Waals surface area contributed by atoms with E-state index in [4.69, 9.17) is 0 Å². The van der Waals surface area contributed by atoms with E-state index in [0.717, 1.165) is 24.3 Å². The summed E-state index contributed by atoms with van der Waals surface area (Å²) < 4.78 is 0. The van der Waals surface area contributed by atoms with Gasteiger partial charge >= 0.3 is 6.03 Å². The summed E-state index contributed by atoms with van der Waals surface area (Å²) in [4.78, 5) is 26.7. The summed E-state index contributed by atoms with van der Waals surface area (Å²) >= 11 is 0. The van der Waals surface area contributed by atoms with Crippen molar-refractivity contribution < 1.29 is 9.59 Å². The van der Waals surface area contributed by atoms with Gasteiger partial charge in [0.1, 0.15) is 0 Å². The summed E-state index contributed by atoms with van der Waals surface area (Å²) in [6.07, 6.45) is 7.61. The maximum Gasteiger partial charge on any atom is 0.322 e. The normalized spacial score (nSPS) is 16.8. The van der Waals surface area contributed by atoms with Crippen molar-refractivity contribution in [2.24, 2.45) is 5.92 Å². The minimum atomic E-state index is -0.0893. The van der Waals surface area contributed by atoms with E-state index in [9.17, 15) is 9.59 Å². The van der Waals surface area contributed by atoms with Gasteiger partial charge in [-0.15, -0.1) is 0 Å². The molecule has 5 heteroatoms. The summed E-state index contributed by atoms with van der Waals surface area (Å²) in [6, 6.07) is 15.6. The average Bonchev–Trinajstić information content (AvgIpc) is 2.75. The van der Waals surface area contributed by atoms with Crippen LogP contribution in [0.5, 0.6) is 0 Å². The number of carbonyl (C=O) groups excluding carboxylic acids is 2. The molecule has 0 bridgehead atoms. The van der Waals surface area contributed by atoms with Crippen molar-refractivity contribution in [3.8, 4) is 0 Å². The first-order valence-electron chi connectivity index (χ1n) is 10.7. The van der Waals surface area contributed by atoms with Crippen molar-refractivity contribution in [2.45, 2.75) is 51.5 Å². The monoisotopic (exact) mass is 391 g/mol. The fraction of sp³-hybridized carbons (Fsp3) is 0.417. The molecule has 2 aliphatic rings. The van der Waals surface area contributed by atoms with Gasteiger partial charge in [0.15, 0.2) is 0 Å². The molecule has 0 spiro atoms. The molecule has 4 rings (SSSR count). The molecule has 1 aliphatic carbocycles. The molecule has 2 N–H and O–H groups in total. The number of rotatable bonds is 4.